The van der Waals surface area contributed by atoms with Crippen molar-refractivity contribution < 1.29 is 13.3 Å². The molecular weight excluding hydrogens is 248 g/mol. The van der Waals surface area contributed by atoms with Crippen LogP contribution in [0.4, 0.5) is 8.78 Å². The normalized spacial score (nSPS) is 10.8. The molecular formula is C10H9F2N3OS. The van der Waals surface area contributed by atoms with Crippen LogP contribution in [0, 0.1) is 11.6 Å². The summed E-state index contributed by atoms with van der Waals surface area (Å²) in [5.74, 6) is -1.03. The number of halogens is 2. The molecule has 0 saturated carbocycles. The lowest BCUT2D eigenvalue weighted by Crippen LogP contribution is -1.96. The second-order valence-corrected chi connectivity index (χ2v) is 3.97. The number of nitrogens with two attached hydrogens (primary N) is 1. The van der Waals surface area contributed by atoms with Crippen LogP contribution in [-0.2, 0) is 6.54 Å². The summed E-state index contributed by atoms with van der Waals surface area (Å²) >= 11 is 0.983. The van der Waals surface area contributed by atoms with E-state index in [1.807, 2.05) is 0 Å². The summed E-state index contributed by atoms with van der Waals surface area (Å²) < 4.78 is 32.0. The van der Waals surface area contributed by atoms with E-state index in [1.165, 1.54) is 12.1 Å². The Morgan fingerprint density at radius 2 is 2.18 bits per heavy atom. The second kappa shape index (κ2) is 4.80. The molecule has 0 amide bonds. The third kappa shape index (κ3) is 2.16. The van der Waals surface area contributed by atoms with E-state index in [0.717, 1.165) is 11.8 Å². The van der Waals surface area contributed by atoms with Crippen molar-refractivity contribution in [1.82, 2.24) is 10.1 Å². The summed E-state index contributed by atoms with van der Waals surface area (Å²) in [7, 11) is 0. The lowest BCUT2D eigenvalue weighted by atomic mass is 10.2. The molecule has 2 N–H and O–H groups in total. The van der Waals surface area contributed by atoms with Gasteiger partial charge >= 0.3 is 0 Å². The zero-order chi connectivity index (χ0) is 12.4. The number of thioether (sulfide) groups is 1. The molecule has 0 bridgehead atoms. The van der Waals surface area contributed by atoms with Crippen LogP contribution in [0.3, 0.4) is 0 Å². The molecule has 1 aromatic heterocycles. The molecule has 0 radical (unpaired) electrons. The highest BCUT2D eigenvalue weighted by Gasteiger charge is 2.17. The van der Waals surface area contributed by atoms with Crippen LogP contribution in [0.15, 0.2) is 21.6 Å². The van der Waals surface area contributed by atoms with Crippen LogP contribution in [0.25, 0.3) is 11.4 Å². The SMILES string of the molecule is CSc1c(F)ccc(-c2noc(CN)n2)c1F. The van der Waals surface area contributed by atoms with Crippen molar-refractivity contribution in [2.45, 2.75) is 11.4 Å². The summed E-state index contributed by atoms with van der Waals surface area (Å²) in [5, 5.41) is 3.59. The molecule has 0 aliphatic heterocycles. The van der Waals surface area contributed by atoms with E-state index in [2.05, 4.69) is 10.1 Å². The number of hydrogen-bond donors (Lipinski definition) is 1. The minimum atomic E-state index is -0.693. The summed E-state index contributed by atoms with van der Waals surface area (Å²) in [6.45, 7) is 0.0746. The number of benzene rings is 1. The first-order valence-corrected chi connectivity index (χ1v) is 5.95. The van der Waals surface area contributed by atoms with Crippen LogP contribution in [0.5, 0.6) is 0 Å². The minimum Gasteiger partial charge on any atom is -0.338 e. The molecule has 0 unspecified atom stereocenters. The second-order valence-electron chi connectivity index (χ2n) is 3.16. The molecule has 17 heavy (non-hydrogen) atoms. The first kappa shape index (κ1) is 12.0. The Bertz CT molecular complexity index is 544. The van der Waals surface area contributed by atoms with Gasteiger partial charge in [-0.1, -0.05) is 5.16 Å². The Kier molecular flexibility index (Phi) is 3.39. The summed E-state index contributed by atoms with van der Waals surface area (Å²) in [6.07, 6.45) is 1.59. The highest BCUT2D eigenvalue weighted by Crippen LogP contribution is 2.30. The average molecular weight is 257 g/mol. The number of rotatable bonds is 3. The fourth-order valence-electron chi connectivity index (χ4n) is 1.34. The molecule has 2 aromatic rings. The third-order valence-corrected chi connectivity index (χ3v) is 2.92. The van der Waals surface area contributed by atoms with Gasteiger partial charge in [-0.25, -0.2) is 8.78 Å². The van der Waals surface area contributed by atoms with Gasteiger partial charge in [-0.2, -0.15) is 4.98 Å². The molecule has 0 saturated heterocycles. The fourth-order valence-corrected chi connectivity index (χ4v) is 1.89. The van der Waals surface area contributed by atoms with Gasteiger partial charge in [-0.05, 0) is 18.4 Å². The molecule has 0 spiro atoms. The molecule has 4 nitrogen and oxygen atoms in total. The average Bonchev–Trinajstić information content (AvgIpc) is 2.78. The molecule has 0 aliphatic rings. The van der Waals surface area contributed by atoms with Crippen LogP contribution in [0.2, 0.25) is 0 Å². The van der Waals surface area contributed by atoms with Crippen LogP contribution < -0.4 is 5.73 Å². The molecule has 0 aliphatic carbocycles. The van der Waals surface area contributed by atoms with E-state index in [0.29, 0.717) is 0 Å². The van der Waals surface area contributed by atoms with Crippen LogP contribution in [-0.4, -0.2) is 16.4 Å². The maximum Gasteiger partial charge on any atom is 0.240 e. The van der Waals surface area contributed by atoms with Gasteiger partial charge in [0.25, 0.3) is 0 Å². The quantitative estimate of drug-likeness (QED) is 0.854. The number of nitrogens with zero attached hydrogens (tertiary/aromatic N) is 2. The summed E-state index contributed by atoms with van der Waals surface area (Å²) in [5.41, 5.74) is 5.40. The predicted octanol–water partition coefficient (Wildman–Crippen LogP) is 2.20. The van der Waals surface area contributed by atoms with Crippen molar-refractivity contribution in [3.8, 4) is 11.4 Å². The molecule has 1 aromatic carbocycles. The Morgan fingerprint density at radius 3 is 2.76 bits per heavy atom. The van der Waals surface area contributed by atoms with Gasteiger partial charge in [0.15, 0.2) is 5.82 Å². The van der Waals surface area contributed by atoms with E-state index in [9.17, 15) is 8.78 Å². The number of aromatic nitrogens is 2. The van der Waals surface area contributed by atoms with Crippen molar-refractivity contribution in [2.75, 3.05) is 6.26 Å². The molecule has 7 heteroatoms. The number of hydrogen-bond acceptors (Lipinski definition) is 5. The van der Waals surface area contributed by atoms with Crippen molar-refractivity contribution in [3.63, 3.8) is 0 Å². The Hall–Kier alpha value is -1.47. The molecule has 0 atom stereocenters. The third-order valence-electron chi connectivity index (χ3n) is 2.14. The summed E-state index contributed by atoms with van der Waals surface area (Å²) in [4.78, 5) is 3.82. The van der Waals surface area contributed by atoms with Gasteiger partial charge in [0.05, 0.1) is 17.0 Å². The van der Waals surface area contributed by atoms with Gasteiger partial charge in [-0.3, -0.25) is 0 Å². The lowest BCUT2D eigenvalue weighted by molar-refractivity contribution is 0.380. The van der Waals surface area contributed by atoms with Crippen molar-refractivity contribution in [1.29, 1.82) is 0 Å². The molecule has 2 rings (SSSR count). The zero-order valence-electron chi connectivity index (χ0n) is 8.91. The van der Waals surface area contributed by atoms with E-state index < -0.39 is 11.6 Å². The zero-order valence-corrected chi connectivity index (χ0v) is 9.72. The van der Waals surface area contributed by atoms with Gasteiger partial charge in [0, 0.05) is 0 Å². The van der Waals surface area contributed by atoms with Crippen molar-refractivity contribution >= 4 is 11.8 Å². The Labute approximate surface area is 100 Å². The first-order chi connectivity index (χ1) is 8.17. The van der Waals surface area contributed by atoms with Gasteiger partial charge in [0.2, 0.25) is 11.7 Å². The Balaban J connectivity index is 2.52. The standard InChI is InChI=1S/C10H9F2N3OS/c1-17-9-6(11)3-2-5(8(9)12)10-14-7(4-13)16-15-10/h2-3H,4,13H2,1H3. The van der Waals surface area contributed by atoms with Gasteiger partial charge in [0.1, 0.15) is 5.82 Å². The largest absolute Gasteiger partial charge is 0.338 e. The highest BCUT2D eigenvalue weighted by atomic mass is 32.2. The first-order valence-electron chi connectivity index (χ1n) is 4.72. The highest BCUT2D eigenvalue weighted by molar-refractivity contribution is 7.98. The van der Waals surface area contributed by atoms with E-state index in [1.54, 1.807) is 6.26 Å². The lowest BCUT2D eigenvalue weighted by Gasteiger charge is -2.04. The topological polar surface area (TPSA) is 64.9 Å². The van der Waals surface area contributed by atoms with Crippen molar-refractivity contribution in [2.24, 2.45) is 5.73 Å². The Morgan fingerprint density at radius 1 is 1.41 bits per heavy atom. The summed E-state index contributed by atoms with van der Waals surface area (Å²) in [6, 6.07) is 2.44. The van der Waals surface area contributed by atoms with E-state index in [-0.39, 0.29) is 28.7 Å². The monoisotopic (exact) mass is 257 g/mol. The maximum atomic E-state index is 13.9. The minimum absolute atomic E-state index is 0.0678. The predicted molar refractivity (Wildman–Crippen MR) is 59.3 cm³/mol. The molecule has 1 heterocycles. The maximum absolute atomic E-state index is 13.9. The van der Waals surface area contributed by atoms with Crippen molar-refractivity contribution in [3.05, 3.63) is 29.7 Å². The van der Waals surface area contributed by atoms with E-state index in [4.69, 9.17) is 10.3 Å². The van der Waals surface area contributed by atoms with Gasteiger partial charge in [-0.15, -0.1) is 11.8 Å². The fraction of sp³-hybridized carbons (Fsp3) is 0.200. The van der Waals surface area contributed by atoms with Crippen LogP contribution in [0.1, 0.15) is 5.89 Å². The molecule has 90 valence electrons. The molecule has 0 fully saturated rings. The van der Waals surface area contributed by atoms with E-state index >= 15 is 0 Å². The smallest absolute Gasteiger partial charge is 0.240 e. The van der Waals surface area contributed by atoms with Gasteiger partial charge < -0.3 is 10.3 Å². The van der Waals surface area contributed by atoms with Crippen LogP contribution >= 0.6 is 11.8 Å².